The first kappa shape index (κ1) is 22.3. The molecule has 176 valence electrons. The van der Waals surface area contributed by atoms with Crippen LogP contribution in [0.4, 0.5) is 15.0 Å². The lowest BCUT2D eigenvalue weighted by Gasteiger charge is -2.37. The Labute approximate surface area is 198 Å². The van der Waals surface area contributed by atoms with Crippen molar-refractivity contribution in [3.63, 3.8) is 0 Å². The van der Waals surface area contributed by atoms with Crippen molar-refractivity contribution in [2.24, 2.45) is 5.10 Å². The molecule has 2 atom stereocenters. The first-order valence-electron chi connectivity index (χ1n) is 11.0. The zero-order valence-corrected chi connectivity index (χ0v) is 20.1. The molecular formula is C22H25FN9OP. The van der Waals surface area contributed by atoms with Crippen molar-refractivity contribution in [2.45, 2.75) is 26.3 Å². The number of carbonyl (C=O) groups is 1. The minimum Gasteiger partial charge on any atom is -0.353 e. The molecule has 4 heterocycles. The monoisotopic (exact) mass is 481 g/mol. The molecule has 0 spiro atoms. The topological polar surface area (TPSA) is 95.6 Å². The van der Waals surface area contributed by atoms with E-state index < -0.39 is 0 Å². The molecule has 1 aromatic carbocycles. The summed E-state index contributed by atoms with van der Waals surface area (Å²) in [6.45, 7) is 6.01. The molecule has 2 unspecified atom stereocenters. The van der Waals surface area contributed by atoms with E-state index in [1.54, 1.807) is 15.8 Å². The smallest absolute Gasteiger partial charge is 0.341 e. The number of aromatic nitrogens is 5. The Morgan fingerprint density at radius 2 is 1.82 bits per heavy atom. The molecule has 5 rings (SSSR count). The summed E-state index contributed by atoms with van der Waals surface area (Å²) in [7, 11) is 2.50. The van der Waals surface area contributed by atoms with Crippen molar-refractivity contribution in [3.8, 4) is 5.82 Å². The van der Waals surface area contributed by atoms with Crippen LogP contribution in [0, 0.1) is 19.7 Å². The minimum atomic E-state index is -0.323. The molecule has 10 nitrogen and oxygen atoms in total. The summed E-state index contributed by atoms with van der Waals surface area (Å²) in [6.07, 6.45) is 3.79. The third-order valence-corrected chi connectivity index (χ3v) is 6.29. The van der Waals surface area contributed by atoms with Gasteiger partial charge in [-0.05, 0) is 42.9 Å². The van der Waals surface area contributed by atoms with Gasteiger partial charge in [-0.2, -0.15) is 9.78 Å². The molecule has 1 saturated heterocycles. The Bertz CT molecular complexity index is 1230. The molecule has 2 amide bonds. The summed E-state index contributed by atoms with van der Waals surface area (Å²) in [6, 6.07) is 6.18. The van der Waals surface area contributed by atoms with Crippen molar-refractivity contribution >= 4 is 32.6 Å². The number of hydrogen-bond donors (Lipinski definition) is 0. The number of halogens is 1. The fourth-order valence-electron chi connectivity index (χ4n) is 4.34. The van der Waals surface area contributed by atoms with Crippen molar-refractivity contribution < 1.29 is 9.18 Å². The first-order valence-corrected chi connectivity index (χ1v) is 11.6. The van der Waals surface area contributed by atoms with Crippen LogP contribution in [0.2, 0.25) is 0 Å². The second kappa shape index (κ2) is 9.06. The molecular weight excluding hydrogens is 456 g/mol. The van der Waals surface area contributed by atoms with E-state index in [4.69, 9.17) is 0 Å². The number of nitrogens with zero attached hydrogens (tertiary/aromatic N) is 9. The average molecular weight is 481 g/mol. The highest BCUT2D eigenvalue weighted by Gasteiger charge is 2.33. The van der Waals surface area contributed by atoms with Gasteiger partial charge in [-0.15, -0.1) is 14.3 Å². The van der Waals surface area contributed by atoms with E-state index in [9.17, 15) is 9.18 Å². The van der Waals surface area contributed by atoms with Crippen LogP contribution in [-0.4, -0.2) is 73.1 Å². The highest BCUT2D eigenvalue weighted by molar-refractivity contribution is 7.27. The summed E-state index contributed by atoms with van der Waals surface area (Å²) in [5, 5.41) is 10.9. The molecule has 0 saturated carbocycles. The first-order chi connectivity index (χ1) is 16.4. The van der Waals surface area contributed by atoms with Gasteiger partial charge in [0, 0.05) is 44.9 Å². The number of aryl methyl sites for hydroxylation is 2. The van der Waals surface area contributed by atoms with Crippen LogP contribution in [0.1, 0.15) is 29.7 Å². The van der Waals surface area contributed by atoms with Crippen molar-refractivity contribution in [1.82, 2.24) is 34.6 Å². The fourth-order valence-corrected chi connectivity index (χ4v) is 4.69. The van der Waals surface area contributed by atoms with Crippen LogP contribution in [0.15, 0.2) is 35.7 Å². The minimum absolute atomic E-state index is 0.176. The van der Waals surface area contributed by atoms with Gasteiger partial charge in [0.1, 0.15) is 29.6 Å². The molecule has 12 heteroatoms. The normalized spacial score (nSPS) is 18.1. The van der Waals surface area contributed by atoms with Crippen molar-refractivity contribution in [2.75, 3.05) is 31.1 Å². The Hall–Kier alpha value is -3.46. The van der Waals surface area contributed by atoms with Gasteiger partial charge < -0.3 is 9.80 Å². The number of carbonyl (C=O) groups excluding carboxylic acids is 1. The zero-order chi connectivity index (χ0) is 23.8. The van der Waals surface area contributed by atoms with Crippen molar-refractivity contribution in [3.05, 3.63) is 53.6 Å². The van der Waals surface area contributed by atoms with E-state index in [0.29, 0.717) is 44.2 Å². The predicted molar refractivity (Wildman–Crippen MR) is 129 cm³/mol. The van der Waals surface area contributed by atoms with Crippen LogP contribution in [0.3, 0.4) is 0 Å². The molecule has 0 bridgehead atoms. The van der Waals surface area contributed by atoms with Crippen molar-refractivity contribution in [1.29, 1.82) is 0 Å². The third-order valence-electron chi connectivity index (χ3n) is 5.96. The van der Waals surface area contributed by atoms with E-state index >= 15 is 0 Å². The summed E-state index contributed by atoms with van der Waals surface area (Å²) in [5.41, 5.74) is 0.738. The highest BCUT2D eigenvalue weighted by Crippen LogP contribution is 2.30. The van der Waals surface area contributed by atoms with Gasteiger partial charge in [-0.3, -0.25) is 0 Å². The number of benzene rings is 1. The van der Waals surface area contributed by atoms with Gasteiger partial charge in [0.25, 0.3) is 0 Å². The number of rotatable bonds is 3. The third kappa shape index (κ3) is 4.35. The van der Waals surface area contributed by atoms with Gasteiger partial charge in [-0.1, -0.05) is 0 Å². The van der Waals surface area contributed by atoms with E-state index in [2.05, 4.69) is 39.3 Å². The quantitative estimate of drug-likeness (QED) is 0.531. The molecule has 0 radical (unpaired) electrons. The van der Waals surface area contributed by atoms with E-state index in [1.807, 2.05) is 26.0 Å². The number of amides is 2. The van der Waals surface area contributed by atoms with E-state index in [0.717, 1.165) is 22.5 Å². The molecule has 2 aliphatic rings. The predicted octanol–water partition coefficient (Wildman–Crippen LogP) is 1.99. The largest absolute Gasteiger partial charge is 0.353 e. The Balaban J connectivity index is 1.26. The Morgan fingerprint density at radius 3 is 2.53 bits per heavy atom. The maximum atomic E-state index is 13.9. The van der Waals surface area contributed by atoms with Gasteiger partial charge in [-0.25, -0.2) is 29.1 Å². The number of piperazine rings is 1. The summed E-state index contributed by atoms with van der Waals surface area (Å²) < 4.78 is 15.6. The number of hydrazone groups is 1. The molecule has 0 N–H and O–H groups in total. The molecule has 1 fully saturated rings. The molecule has 2 aliphatic heterocycles. The lowest BCUT2D eigenvalue weighted by atomic mass is 10.0. The van der Waals surface area contributed by atoms with Crippen LogP contribution in [0.5, 0.6) is 0 Å². The Kier molecular flexibility index (Phi) is 5.95. The average Bonchev–Trinajstić information content (AvgIpc) is 3.44. The van der Waals surface area contributed by atoms with Gasteiger partial charge in [0.2, 0.25) is 0 Å². The molecule has 2 aromatic heterocycles. The zero-order valence-electron chi connectivity index (χ0n) is 19.0. The maximum Gasteiger partial charge on any atom is 0.341 e. The number of anilines is 1. The lowest BCUT2D eigenvalue weighted by Crippen LogP contribution is -2.52. The molecule has 3 aromatic rings. The second-order valence-corrected chi connectivity index (χ2v) is 8.99. The van der Waals surface area contributed by atoms with E-state index in [1.165, 1.54) is 23.5 Å². The second-order valence-electron chi connectivity index (χ2n) is 8.32. The summed E-state index contributed by atoms with van der Waals surface area (Å²) >= 11 is 0. The SMILES string of the molecule is Cc1nc(C)n(-c2cc(N3CCN(C(=O)N4N=CCC4c4cc(F)cc(P)c4)CC3)ncn2)n1. The van der Waals surface area contributed by atoms with Gasteiger partial charge in [0.15, 0.2) is 5.82 Å². The fraction of sp³-hybridized carbons (Fsp3) is 0.364. The van der Waals surface area contributed by atoms with E-state index in [-0.39, 0.29) is 17.9 Å². The van der Waals surface area contributed by atoms with Crippen LogP contribution in [-0.2, 0) is 0 Å². The molecule has 0 aliphatic carbocycles. The maximum absolute atomic E-state index is 13.9. The standard InChI is InChI=1S/C22H25FN9OP/c1-14-27-15(2)31(28-14)21-12-20(24-13-25-21)29-5-7-30(8-6-29)22(33)32-19(3-4-26-32)16-9-17(23)11-18(34)10-16/h4,9-13,19H,3,5-8,34H2,1-2H3. The summed E-state index contributed by atoms with van der Waals surface area (Å²) in [4.78, 5) is 30.2. The lowest BCUT2D eigenvalue weighted by molar-refractivity contribution is 0.139. The van der Waals surface area contributed by atoms with Crippen LogP contribution >= 0.6 is 9.24 Å². The van der Waals surface area contributed by atoms with Gasteiger partial charge in [0.05, 0.1) is 6.04 Å². The summed E-state index contributed by atoms with van der Waals surface area (Å²) in [5.74, 6) is 2.54. The molecule has 34 heavy (non-hydrogen) atoms. The van der Waals surface area contributed by atoms with Crippen LogP contribution in [0.25, 0.3) is 5.82 Å². The van der Waals surface area contributed by atoms with Gasteiger partial charge >= 0.3 is 6.03 Å². The number of urea groups is 1. The van der Waals surface area contributed by atoms with Crippen LogP contribution < -0.4 is 10.2 Å². The Morgan fingerprint density at radius 1 is 1.06 bits per heavy atom. The number of hydrogen-bond acceptors (Lipinski definition) is 7. The highest BCUT2D eigenvalue weighted by atomic mass is 31.0.